The number of halogens is 1. The number of thioether (sulfide) groups is 1. The van der Waals surface area contributed by atoms with Gasteiger partial charge in [-0.2, -0.15) is 0 Å². The first kappa shape index (κ1) is 14.1. The molecule has 1 aliphatic rings. The Morgan fingerprint density at radius 1 is 1.64 bits per heavy atom. The Kier molecular flexibility index (Phi) is 7.41. The molecule has 0 aromatic carbocycles. The number of nitrogens with one attached hydrogen (secondary N) is 1. The first-order valence-corrected chi connectivity index (χ1v) is 5.81. The molecule has 3 nitrogen and oxygen atoms in total. The first-order valence-electron chi connectivity index (χ1n) is 4.77. The van der Waals surface area contributed by atoms with E-state index in [1.807, 2.05) is 19.0 Å². The lowest BCUT2D eigenvalue weighted by molar-refractivity contribution is -0.129. The minimum atomic E-state index is 0. The molecule has 1 saturated heterocycles. The summed E-state index contributed by atoms with van der Waals surface area (Å²) < 4.78 is 0. The third kappa shape index (κ3) is 4.07. The predicted octanol–water partition coefficient (Wildman–Crippen LogP) is 0.982. The number of hydrogen-bond acceptors (Lipinski definition) is 3. The topological polar surface area (TPSA) is 32.3 Å². The van der Waals surface area contributed by atoms with E-state index in [9.17, 15) is 4.79 Å². The average molecular weight is 239 g/mol. The van der Waals surface area contributed by atoms with Crippen molar-refractivity contribution >= 4 is 30.1 Å². The van der Waals surface area contributed by atoms with E-state index in [1.165, 1.54) is 6.42 Å². The number of rotatable bonds is 4. The fourth-order valence-corrected chi connectivity index (χ4v) is 2.68. The predicted molar refractivity (Wildman–Crippen MR) is 64.3 cm³/mol. The molecule has 1 atom stereocenters. The van der Waals surface area contributed by atoms with Crippen molar-refractivity contribution in [2.75, 3.05) is 32.9 Å². The van der Waals surface area contributed by atoms with Gasteiger partial charge in [-0.05, 0) is 25.6 Å². The van der Waals surface area contributed by atoms with Crippen LogP contribution >= 0.6 is 24.2 Å². The maximum atomic E-state index is 11.7. The van der Waals surface area contributed by atoms with Crippen LogP contribution in [0.2, 0.25) is 0 Å². The van der Waals surface area contributed by atoms with E-state index in [4.69, 9.17) is 0 Å². The van der Waals surface area contributed by atoms with Gasteiger partial charge in [-0.15, -0.1) is 24.2 Å². The van der Waals surface area contributed by atoms with E-state index < -0.39 is 0 Å². The molecule has 0 bridgehead atoms. The van der Waals surface area contributed by atoms with Crippen LogP contribution in [-0.4, -0.2) is 49.0 Å². The van der Waals surface area contributed by atoms with Gasteiger partial charge < -0.3 is 10.2 Å². The van der Waals surface area contributed by atoms with Crippen molar-refractivity contribution in [3.8, 4) is 0 Å². The summed E-state index contributed by atoms with van der Waals surface area (Å²) in [6, 6.07) is 0. The molecule has 1 amide bonds. The van der Waals surface area contributed by atoms with Crippen molar-refractivity contribution in [1.82, 2.24) is 10.2 Å². The van der Waals surface area contributed by atoms with Gasteiger partial charge in [-0.3, -0.25) is 4.79 Å². The van der Waals surface area contributed by atoms with Crippen LogP contribution in [0.1, 0.15) is 12.8 Å². The summed E-state index contributed by atoms with van der Waals surface area (Å²) in [7, 11) is 3.79. The molecule has 0 aliphatic carbocycles. The van der Waals surface area contributed by atoms with Crippen molar-refractivity contribution in [2.24, 2.45) is 0 Å². The van der Waals surface area contributed by atoms with Gasteiger partial charge >= 0.3 is 0 Å². The molecule has 1 aliphatic heterocycles. The maximum absolute atomic E-state index is 11.7. The molecule has 84 valence electrons. The third-order valence-electron chi connectivity index (χ3n) is 2.28. The van der Waals surface area contributed by atoms with Crippen LogP contribution < -0.4 is 5.32 Å². The highest BCUT2D eigenvalue weighted by Gasteiger charge is 2.25. The van der Waals surface area contributed by atoms with Gasteiger partial charge in [0.05, 0.1) is 5.25 Å². The number of nitrogens with zero attached hydrogens (tertiary/aromatic N) is 1. The van der Waals surface area contributed by atoms with Crippen molar-refractivity contribution in [3.63, 3.8) is 0 Å². The average Bonchev–Trinajstić information content (AvgIpc) is 2.65. The van der Waals surface area contributed by atoms with Gasteiger partial charge in [0.25, 0.3) is 0 Å². The van der Waals surface area contributed by atoms with Crippen LogP contribution in [0.5, 0.6) is 0 Å². The Morgan fingerprint density at radius 3 is 2.86 bits per heavy atom. The Labute approximate surface area is 96.4 Å². The first-order chi connectivity index (χ1) is 6.25. The number of likely N-dealkylation sites (N-methyl/N-ethyl adjacent to an activating group) is 2. The molecule has 1 rings (SSSR count). The fraction of sp³-hybridized carbons (Fsp3) is 0.889. The lowest BCUT2D eigenvalue weighted by Gasteiger charge is -2.20. The molecule has 0 aromatic heterocycles. The van der Waals surface area contributed by atoms with E-state index in [1.54, 1.807) is 11.8 Å². The molecule has 1 heterocycles. The van der Waals surface area contributed by atoms with Crippen LogP contribution in [-0.2, 0) is 4.79 Å². The quantitative estimate of drug-likeness (QED) is 0.793. The molecule has 0 aromatic rings. The summed E-state index contributed by atoms with van der Waals surface area (Å²) in [5.41, 5.74) is 0. The van der Waals surface area contributed by atoms with Gasteiger partial charge in [0.1, 0.15) is 0 Å². The van der Waals surface area contributed by atoms with Crippen molar-refractivity contribution in [3.05, 3.63) is 0 Å². The van der Waals surface area contributed by atoms with Crippen LogP contribution in [0.3, 0.4) is 0 Å². The Bertz CT molecular complexity index is 174. The monoisotopic (exact) mass is 238 g/mol. The molecule has 14 heavy (non-hydrogen) atoms. The third-order valence-corrected chi connectivity index (χ3v) is 3.64. The lowest BCUT2D eigenvalue weighted by Crippen LogP contribution is -2.37. The number of hydrogen-bond donors (Lipinski definition) is 1. The number of carbonyl (C=O) groups is 1. The van der Waals surface area contributed by atoms with Crippen LogP contribution in [0, 0.1) is 0 Å². The minimum Gasteiger partial charge on any atom is -0.344 e. The molecule has 1 unspecified atom stereocenters. The zero-order valence-electron chi connectivity index (χ0n) is 8.78. The van der Waals surface area contributed by atoms with Gasteiger partial charge in [-0.1, -0.05) is 0 Å². The molecule has 0 saturated carbocycles. The van der Waals surface area contributed by atoms with E-state index in [-0.39, 0.29) is 17.7 Å². The van der Waals surface area contributed by atoms with Crippen molar-refractivity contribution < 1.29 is 4.79 Å². The second-order valence-corrected chi connectivity index (χ2v) is 4.68. The highest BCUT2D eigenvalue weighted by molar-refractivity contribution is 8.00. The summed E-state index contributed by atoms with van der Waals surface area (Å²) in [6.45, 7) is 1.69. The Hall–Kier alpha value is 0.0700. The summed E-state index contributed by atoms with van der Waals surface area (Å²) in [5, 5.41) is 3.28. The highest BCUT2D eigenvalue weighted by Crippen LogP contribution is 2.27. The van der Waals surface area contributed by atoms with Crippen LogP contribution in [0.4, 0.5) is 0 Å². The molecule has 5 heteroatoms. The molecule has 0 spiro atoms. The van der Waals surface area contributed by atoms with Crippen molar-refractivity contribution in [2.45, 2.75) is 18.1 Å². The maximum Gasteiger partial charge on any atom is 0.235 e. The standard InChI is InChI=1S/C9H18N2OS.ClH/c1-10-5-6-11(2)9(12)8-4-3-7-13-8;/h8,10H,3-7H2,1-2H3;1H. The number of carbonyl (C=O) groups excluding carboxylic acids is 1. The highest BCUT2D eigenvalue weighted by atomic mass is 35.5. The summed E-state index contributed by atoms with van der Waals surface area (Å²) >= 11 is 1.80. The van der Waals surface area contributed by atoms with Crippen LogP contribution in [0.25, 0.3) is 0 Å². The molecule has 1 N–H and O–H groups in total. The van der Waals surface area contributed by atoms with Gasteiger partial charge in [0.15, 0.2) is 0 Å². The number of amides is 1. The smallest absolute Gasteiger partial charge is 0.235 e. The summed E-state index contributed by atoms with van der Waals surface area (Å²) in [5.74, 6) is 1.45. The summed E-state index contributed by atoms with van der Waals surface area (Å²) in [6.07, 6.45) is 2.26. The molecule has 1 fully saturated rings. The van der Waals surface area contributed by atoms with Crippen LogP contribution in [0.15, 0.2) is 0 Å². The largest absolute Gasteiger partial charge is 0.344 e. The molecule has 0 radical (unpaired) electrons. The lowest BCUT2D eigenvalue weighted by atomic mass is 10.2. The normalized spacial score (nSPS) is 20.3. The van der Waals surface area contributed by atoms with E-state index in [2.05, 4.69) is 5.32 Å². The summed E-state index contributed by atoms with van der Waals surface area (Å²) in [4.78, 5) is 13.6. The van der Waals surface area contributed by atoms with Gasteiger partial charge in [0, 0.05) is 20.1 Å². The second-order valence-electron chi connectivity index (χ2n) is 3.37. The minimum absolute atomic E-state index is 0. The van der Waals surface area contributed by atoms with Gasteiger partial charge in [0.2, 0.25) is 5.91 Å². The zero-order valence-corrected chi connectivity index (χ0v) is 10.4. The van der Waals surface area contributed by atoms with E-state index >= 15 is 0 Å². The molecular formula is C9H19ClN2OS. The zero-order chi connectivity index (χ0) is 9.68. The van der Waals surface area contributed by atoms with E-state index in [0.29, 0.717) is 5.91 Å². The second kappa shape index (κ2) is 7.37. The Morgan fingerprint density at radius 2 is 2.36 bits per heavy atom. The van der Waals surface area contributed by atoms with Crippen molar-refractivity contribution in [1.29, 1.82) is 0 Å². The van der Waals surface area contributed by atoms with Gasteiger partial charge in [-0.25, -0.2) is 0 Å². The van der Waals surface area contributed by atoms with E-state index in [0.717, 1.165) is 25.3 Å². The Balaban J connectivity index is 0.00000169. The fourth-order valence-electron chi connectivity index (χ4n) is 1.41. The molecular weight excluding hydrogens is 220 g/mol. The SMILES string of the molecule is CNCCN(C)C(=O)C1CCCS1.Cl.